The average molecular weight is 576 g/mol. The minimum Gasteiger partial charge on any atom is -0.235 e. The fourth-order valence-corrected chi connectivity index (χ4v) is 7.00. The van der Waals surface area contributed by atoms with E-state index in [1.807, 2.05) is 91.0 Å². The van der Waals surface area contributed by atoms with E-state index in [9.17, 15) is 0 Å². The Bertz CT molecular complexity index is 2050. The van der Waals surface area contributed by atoms with Gasteiger partial charge in [-0.05, 0) is 24.3 Å². The third-order valence-electron chi connectivity index (χ3n) is 7.03. The number of hydrogen-bond donors (Lipinski definition) is 0. The third-order valence-corrected chi connectivity index (χ3v) is 9.17. The Labute approximate surface area is 249 Å². The van der Waals surface area contributed by atoms with Crippen LogP contribution in [-0.2, 0) is 0 Å². The number of para-hydroxylation sites is 2. The van der Waals surface area contributed by atoms with Gasteiger partial charge in [0.05, 0.1) is 20.4 Å². The quantitative estimate of drug-likeness (QED) is 0.205. The fraction of sp³-hybridized carbons (Fsp3) is 0. The molecule has 8 aromatic rings. The van der Waals surface area contributed by atoms with Crippen molar-refractivity contribution in [3.63, 3.8) is 0 Å². The molecule has 0 bridgehead atoms. The number of thiazole rings is 2. The van der Waals surface area contributed by atoms with Crippen molar-refractivity contribution in [2.24, 2.45) is 0 Å². The van der Waals surface area contributed by atoms with Crippen LogP contribution in [0.2, 0.25) is 0 Å². The summed E-state index contributed by atoms with van der Waals surface area (Å²) in [5.74, 6) is 1.79. The molecule has 0 aliphatic heterocycles. The summed E-state index contributed by atoms with van der Waals surface area (Å²) in [6.07, 6.45) is 0. The lowest BCUT2D eigenvalue weighted by atomic mass is 10.1. The van der Waals surface area contributed by atoms with Crippen LogP contribution in [0.1, 0.15) is 0 Å². The van der Waals surface area contributed by atoms with E-state index < -0.39 is 0 Å². The van der Waals surface area contributed by atoms with E-state index in [0.29, 0.717) is 17.5 Å². The molecule has 3 aromatic heterocycles. The molecule has 0 amide bonds. The minimum atomic E-state index is 0.588. The van der Waals surface area contributed by atoms with Gasteiger partial charge in [0.25, 0.3) is 0 Å². The van der Waals surface area contributed by atoms with Gasteiger partial charge in [0.1, 0.15) is 10.0 Å². The SMILES string of the molecule is c1ccc(-c2nc(-c3cccc4sc(-c5ccccc5)nc34)nc(-c3cccc4sc(-c5ccccc5)nc34)n2)cc1. The molecule has 0 aliphatic carbocycles. The van der Waals surface area contributed by atoms with Gasteiger partial charge < -0.3 is 0 Å². The van der Waals surface area contributed by atoms with E-state index in [1.165, 1.54) is 0 Å². The molecule has 0 N–H and O–H groups in total. The second-order valence-electron chi connectivity index (χ2n) is 9.75. The number of benzene rings is 5. The smallest absolute Gasteiger partial charge is 0.166 e. The molecule has 0 unspecified atom stereocenters. The molecule has 7 heteroatoms. The zero-order valence-corrected chi connectivity index (χ0v) is 23.8. The number of rotatable bonds is 5. The van der Waals surface area contributed by atoms with E-state index in [2.05, 4.69) is 36.4 Å². The van der Waals surface area contributed by atoms with E-state index >= 15 is 0 Å². The lowest BCUT2D eigenvalue weighted by Crippen LogP contribution is -2.01. The molecule has 42 heavy (non-hydrogen) atoms. The van der Waals surface area contributed by atoms with E-state index in [0.717, 1.165) is 58.3 Å². The Morgan fingerprint density at radius 1 is 0.333 bits per heavy atom. The van der Waals surface area contributed by atoms with Gasteiger partial charge in [0.2, 0.25) is 0 Å². The van der Waals surface area contributed by atoms with E-state index in [4.69, 9.17) is 24.9 Å². The molecule has 8 rings (SSSR count). The summed E-state index contributed by atoms with van der Waals surface area (Å²) in [6, 6.07) is 43.0. The highest BCUT2D eigenvalue weighted by molar-refractivity contribution is 7.22. The van der Waals surface area contributed by atoms with Gasteiger partial charge >= 0.3 is 0 Å². The van der Waals surface area contributed by atoms with E-state index in [-0.39, 0.29) is 0 Å². The molecular weight excluding hydrogens is 555 g/mol. The van der Waals surface area contributed by atoms with Gasteiger partial charge in [-0.15, -0.1) is 22.7 Å². The summed E-state index contributed by atoms with van der Waals surface area (Å²) in [7, 11) is 0. The summed E-state index contributed by atoms with van der Waals surface area (Å²) in [4.78, 5) is 25.2. The maximum atomic E-state index is 5.07. The van der Waals surface area contributed by atoms with Crippen molar-refractivity contribution in [3.05, 3.63) is 127 Å². The second-order valence-corrected chi connectivity index (χ2v) is 11.8. The third kappa shape index (κ3) is 4.45. The van der Waals surface area contributed by atoms with Crippen molar-refractivity contribution in [2.75, 3.05) is 0 Å². The number of aromatic nitrogens is 5. The molecule has 0 fully saturated rings. The average Bonchev–Trinajstić information content (AvgIpc) is 3.71. The van der Waals surface area contributed by atoms with Crippen molar-refractivity contribution in [2.45, 2.75) is 0 Å². The molecule has 0 spiro atoms. The monoisotopic (exact) mass is 575 g/mol. The van der Waals surface area contributed by atoms with Crippen molar-refractivity contribution in [1.29, 1.82) is 0 Å². The maximum Gasteiger partial charge on any atom is 0.166 e. The second kappa shape index (κ2) is 10.4. The van der Waals surface area contributed by atoms with Gasteiger partial charge in [-0.3, -0.25) is 0 Å². The van der Waals surface area contributed by atoms with Crippen LogP contribution in [0.4, 0.5) is 0 Å². The van der Waals surface area contributed by atoms with Crippen LogP contribution in [0, 0.1) is 0 Å². The highest BCUT2D eigenvalue weighted by Gasteiger charge is 2.19. The van der Waals surface area contributed by atoms with Crippen LogP contribution >= 0.6 is 22.7 Å². The highest BCUT2D eigenvalue weighted by atomic mass is 32.1. The first-order chi connectivity index (χ1) is 20.8. The number of fused-ring (bicyclic) bond motifs is 2. The van der Waals surface area contributed by atoms with Crippen LogP contribution in [0.15, 0.2) is 127 Å². The van der Waals surface area contributed by atoms with Crippen molar-refractivity contribution in [3.8, 4) is 55.3 Å². The lowest BCUT2D eigenvalue weighted by Gasteiger charge is -2.09. The van der Waals surface area contributed by atoms with Gasteiger partial charge in [0, 0.05) is 27.8 Å². The normalized spacial score (nSPS) is 11.3. The first-order valence-electron chi connectivity index (χ1n) is 13.5. The molecule has 0 saturated carbocycles. The van der Waals surface area contributed by atoms with Crippen LogP contribution in [0.3, 0.4) is 0 Å². The zero-order chi connectivity index (χ0) is 27.9. The zero-order valence-electron chi connectivity index (χ0n) is 22.2. The Morgan fingerprint density at radius 2 is 0.738 bits per heavy atom. The van der Waals surface area contributed by atoms with Crippen molar-refractivity contribution in [1.82, 2.24) is 24.9 Å². The Kier molecular flexibility index (Phi) is 6.09. The fourth-order valence-electron chi connectivity index (χ4n) is 5.00. The maximum absolute atomic E-state index is 5.07. The first kappa shape index (κ1) is 24.7. The van der Waals surface area contributed by atoms with Crippen LogP contribution in [0.5, 0.6) is 0 Å². The summed E-state index contributed by atoms with van der Waals surface area (Å²) < 4.78 is 2.17. The molecule has 5 nitrogen and oxygen atoms in total. The summed E-state index contributed by atoms with van der Waals surface area (Å²) in [6.45, 7) is 0. The first-order valence-corrected chi connectivity index (χ1v) is 15.2. The highest BCUT2D eigenvalue weighted by Crippen LogP contribution is 2.38. The number of hydrogen-bond acceptors (Lipinski definition) is 7. The number of nitrogens with zero attached hydrogens (tertiary/aromatic N) is 5. The molecule has 0 saturated heterocycles. The molecule has 3 heterocycles. The molecule has 0 atom stereocenters. The van der Waals surface area contributed by atoms with Gasteiger partial charge in [-0.2, -0.15) is 0 Å². The van der Waals surface area contributed by atoms with Crippen LogP contribution < -0.4 is 0 Å². The predicted octanol–water partition coefficient (Wildman–Crippen LogP) is 9.43. The standard InChI is InChI=1S/C35H21N5S2/c1-4-12-22(13-5-1)31-38-32(25-18-10-20-27-29(25)36-34(41-27)23-14-6-2-7-15-23)40-33(39-31)26-19-11-21-28-30(26)37-35(42-28)24-16-8-3-9-17-24/h1-21H. The van der Waals surface area contributed by atoms with Crippen molar-refractivity contribution >= 4 is 43.1 Å². The van der Waals surface area contributed by atoms with Crippen LogP contribution in [0.25, 0.3) is 75.7 Å². The summed E-state index contributed by atoms with van der Waals surface area (Å²) in [5.41, 5.74) is 6.63. The molecular formula is C35H21N5S2. The largest absolute Gasteiger partial charge is 0.235 e. The van der Waals surface area contributed by atoms with Crippen molar-refractivity contribution < 1.29 is 0 Å². The van der Waals surface area contributed by atoms with Gasteiger partial charge in [-0.1, -0.05) is 103 Å². The molecule has 198 valence electrons. The topological polar surface area (TPSA) is 64.5 Å². The van der Waals surface area contributed by atoms with Gasteiger partial charge in [0.15, 0.2) is 17.5 Å². The molecule has 0 radical (unpaired) electrons. The van der Waals surface area contributed by atoms with Crippen LogP contribution in [-0.4, -0.2) is 24.9 Å². The van der Waals surface area contributed by atoms with Gasteiger partial charge in [-0.25, -0.2) is 24.9 Å². The predicted molar refractivity (Wildman–Crippen MR) is 173 cm³/mol. The molecule has 0 aliphatic rings. The summed E-state index contributed by atoms with van der Waals surface area (Å²) >= 11 is 3.34. The molecule has 5 aromatic carbocycles. The Morgan fingerprint density at radius 3 is 1.19 bits per heavy atom. The Hall–Kier alpha value is -5.11. The lowest BCUT2D eigenvalue weighted by molar-refractivity contribution is 1.08. The minimum absolute atomic E-state index is 0.588. The van der Waals surface area contributed by atoms with E-state index in [1.54, 1.807) is 22.7 Å². The Balaban J connectivity index is 1.34. The summed E-state index contributed by atoms with van der Waals surface area (Å²) in [5, 5.41) is 1.94.